The zero-order valence-electron chi connectivity index (χ0n) is 21.5. The van der Waals surface area contributed by atoms with Crippen molar-refractivity contribution in [1.29, 1.82) is 5.26 Å². The number of rotatable bonds is 5. The van der Waals surface area contributed by atoms with Gasteiger partial charge in [-0.15, -0.1) is 0 Å². The molecule has 1 saturated heterocycles. The zero-order valence-corrected chi connectivity index (χ0v) is 21.5. The van der Waals surface area contributed by atoms with Gasteiger partial charge >= 0.3 is 6.09 Å². The van der Waals surface area contributed by atoms with Crippen molar-refractivity contribution in [3.8, 4) is 28.7 Å². The molecule has 2 fully saturated rings. The molecule has 2 aromatic rings. The average Bonchev–Trinajstić information content (AvgIpc) is 3.49. The average molecular weight is 504 g/mol. The molecular weight excluding hydrogens is 470 g/mol. The third-order valence-corrected chi connectivity index (χ3v) is 7.20. The lowest BCUT2D eigenvalue weighted by molar-refractivity contribution is -0.128. The molecule has 3 unspecified atom stereocenters. The van der Waals surface area contributed by atoms with Crippen LogP contribution in [-0.4, -0.2) is 53.8 Å². The van der Waals surface area contributed by atoms with Gasteiger partial charge in [-0.25, -0.2) is 4.79 Å². The highest BCUT2D eigenvalue weighted by molar-refractivity contribution is 5.87. The van der Waals surface area contributed by atoms with Crippen molar-refractivity contribution in [2.45, 2.75) is 70.2 Å². The van der Waals surface area contributed by atoms with Gasteiger partial charge in [0.25, 0.3) is 0 Å². The Morgan fingerprint density at radius 1 is 1.08 bits per heavy atom. The van der Waals surface area contributed by atoms with E-state index in [9.17, 15) is 14.9 Å². The van der Waals surface area contributed by atoms with E-state index in [1.807, 2.05) is 63.2 Å². The number of hydrogen-bond acceptors (Lipinski definition) is 6. The van der Waals surface area contributed by atoms with Crippen molar-refractivity contribution in [2.75, 3.05) is 13.2 Å². The van der Waals surface area contributed by atoms with Crippen LogP contribution in [0.5, 0.6) is 11.5 Å². The first-order valence-corrected chi connectivity index (χ1v) is 12.9. The first kappa shape index (κ1) is 24.9. The number of carbonyl (C=O) groups is 2. The summed E-state index contributed by atoms with van der Waals surface area (Å²) in [6.45, 7) is 6.55. The summed E-state index contributed by atoms with van der Waals surface area (Å²) in [4.78, 5) is 27.8. The van der Waals surface area contributed by atoms with Crippen molar-refractivity contribution in [3.63, 3.8) is 0 Å². The Bertz CT molecular complexity index is 1210. The molecule has 3 aliphatic rings. The molecule has 4 atom stereocenters. The SMILES string of the molecule is CC(C)(C)OC(=O)N1C2CCC(C2)C1C(=O)N[C@H](C#N)Cc1ccc(-c2ccc3c(c2)OCCO3)cc1. The van der Waals surface area contributed by atoms with Crippen molar-refractivity contribution in [3.05, 3.63) is 48.0 Å². The summed E-state index contributed by atoms with van der Waals surface area (Å²) in [6.07, 6.45) is 2.50. The van der Waals surface area contributed by atoms with E-state index in [2.05, 4.69) is 11.4 Å². The number of benzene rings is 2. The van der Waals surface area contributed by atoms with Crippen LogP contribution in [0.15, 0.2) is 42.5 Å². The highest BCUT2D eigenvalue weighted by atomic mass is 16.6. The summed E-state index contributed by atoms with van der Waals surface area (Å²) in [7, 11) is 0. The second kappa shape index (κ2) is 9.97. The minimum Gasteiger partial charge on any atom is -0.486 e. The maximum absolute atomic E-state index is 13.3. The van der Waals surface area contributed by atoms with Crippen LogP contribution in [-0.2, 0) is 16.0 Å². The van der Waals surface area contributed by atoms with Gasteiger partial charge in [-0.2, -0.15) is 5.26 Å². The summed E-state index contributed by atoms with van der Waals surface area (Å²) in [5.41, 5.74) is 2.33. The van der Waals surface area contributed by atoms with Gasteiger partial charge in [0.2, 0.25) is 5.91 Å². The molecule has 8 heteroatoms. The fraction of sp³-hybridized carbons (Fsp3) is 0.483. The van der Waals surface area contributed by atoms with Gasteiger partial charge in [-0.05, 0) is 74.8 Å². The van der Waals surface area contributed by atoms with Gasteiger partial charge < -0.3 is 19.5 Å². The van der Waals surface area contributed by atoms with E-state index in [1.165, 1.54) is 0 Å². The normalized spacial score (nSPS) is 22.8. The summed E-state index contributed by atoms with van der Waals surface area (Å²) in [6, 6.07) is 14.7. The highest BCUT2D eigenvalue weighted by Crippen LogP contribution is 2.43. The third kappa shape index (κ3) is 5.36. The molecule has 5 rings (SSSR count). The summed E-state index contributed by atoms with van der Waals surface area (Å²) >= 11 is 0. The van der Waals surface area contributed by atoms with E-state index in [0.717, 1.165) is 47.5 Å². The minimum atomic E-state index is -0.702. The van der Waals surface area contributed by atoms with E-state index in [0.29, 0.717) is 19.6 Å². The molecule has 0 radical (unpaired) electrons. The number of nitrogens with one attached hydrogen (secondary N) is 1. The topological polar surface area (TPSA) is 101 Å². The molecule has 8 nitrogen and oxygen atoms in total. The smallest absolute Gasteiger partial charge is 0.411 e. The predicted octanol–water partition coefficient (Wildman–Crippen LogP) is 4.46. The second-order valence-electron chi connectivity index (χ2n) is 11.0. The van der Waals surface area contributed by atoms with E-state index < -0.39 is 23.8 Å². The van der Waals surface area contributed by atoms with Crippen LogP contribution in [0.25, 0.3) is 11.1 Å². The van der Waals surface area contributed by atoms with Gasteiger partial charge in [0.05, 0.1) is 6.07 Å². The van der Waals surface area contributed by atoms with E-state index in [1.54, 1.807) is 4.90 Å². The lowest BCUT2D eigenvalue weighted by atomic mass is 9.97. The summed E-state index contributed by atoms with van der Waals surface area (Å²) in [5.74, 6) is 1.31. The molecule has 2 bridgehead atoms. The Morgan fingerprint density at radius 2 is 1.78 bits per heavy atom. The Labute approximate surface area is 217 Å². The number of fused-ring (bicyclic) bond motifs is 3. The van der Waals surface area contributed by atoms with Crippen LogP contribution < -0.4 is 14.8 Å². The maximum Gasteiger partial charge on any atom is 0.411 e. The number of hydrogen-bond donors (Lipinski definition) is 1. The number of likely N-dealkylation sites (tertiary alicyclic amines) is 1. The van der Waals surface area contributed by atoms with Gasteiger partial charge in [-0.1, -0.05) is 30.3 Å². The van der Waals surface area contributed by atoms with Crippen LogP contribution in [0.4, 0.5) is 4.79 Å². The van der Waals surface area contributed by atoms with Crippen LogP contribution >= 0.6 is 0 Å². The van der Waals surface area contributed by atoms with Crippen LogP contribution in [0.1, 0.15) is 45.6 Å². The number of nitriles is 1. The van der Waals surface area contributed by atoms with Gasteiger partial charge in [0, 0.05) is 12.5 Å². The second-order valence-corrected chi connectivity index (χ2v) is 11.0. The molecule has 1 saturated carbocycles. The van der Waals surface area contributed by atoms with Gasteiger partial charge in [0.1, 0.15) is 30.9 Å². The number of amides is 2. The molecule has 0 aromatic heterocycles. The van der Waals surface area contributed by atoms with Crippen molar-refractivity contribution in [1.82, 2.24) is 10.2 Å². The summed E-state index contributed by atoms with van der Waals surface area (Å²) in [5, 5.41) is 12.7. The Balaban J connectivity index is 1.24. The minimum absolute atomic E-state index is 0.0178. The number of nitrogens with zero attached hydrogens (tertiary/aromatic N) is 2. The molecule has 37 heavy (non-hydrogen) atoms. The van der Waals surface area contributed by atoms with Crippen LogP contribution in [0.3, 0.4) is 0 Å². The number of piperidine rings is 1. The molecule has 1 N–H and O–H groups in total. The zero-order chi connectivity index (χ0) is 26.2. The molecule has 2 amide bonds. The first-order valence-electron chi connectivity index (χ1n) is 12.9. The monoisotopic (exact) mass is 503 g/mol. The molecule has 2 aromatic carbocycles. The van der Waals surface area contributed by atoms with Crippen LogP contribution in [0, 0.1) is 17.2 Å². The van der Waals surface area contributed by atoms with E-state index >= 15 is 0 Å². The predicted molar refractivity (Wildman–Crippen MR) is 137 cm³/mol. The molecule has 2 heterocycles. The largest absolute Gasteiger partial charge is 0.486 e. The molecule has 0 spiro atoms. The molecule has 1 aliphatic carbocycles. The fourth-order valence-corrected chi connectivity index (χ4v) is 5.58. The lowest BCUT2D eigenvalue weighted by Gasteiger charge is -2.35. The van der Waals surface area contributed by atoms with Gasteiger partial charge in [-0.3, -0.25) is 9.69 Å². The van der Waals surface area contributed by atoms with E-state index in [-0.39, 0.29) is 17.9 Å². The summed E-state index contributed by atoms with van der Waals surface area (Å²) < 4.78 is 16.9. The van der Waals surface area contributed by atoms with Crippen LogP contribution in [0.2, 0.25) is 0 Å². The molecule has 2 aliphatic heterocycles. The first-order chi connectivity index (χ1) is 17.7. The van der Waals surface area contributed by atoms with Crippen molar-refractivity contribution < 1.29 is 23.8 Å². The Hall–Kier alpha value is -3.73. The maximum atomic E-state index is 13.3. The lowest BCUT2D eigenvalue weighted by Crippen LogP contribution is -2.55. The van der Waals surface area contributed by atoms with Gasteiger partial charge in [0.15, 0.2) is 11.5 Å². The number of carbonyl (C=O) groups excluding carboxylic acids is 2. The molecular formula is C29H33N3O5. The Kier molecular flexibility index (Phi) is 6.72. The van der Waals surface area contributed by atoms with Crippen molar-refractivity contribution >= 4 is 12.0 Å². The highest BCUT2D eigenvalue weighted by Gasteiger charge is 2.52. The molecule has 194 valence electrons. The quantitative estimate of drug-likeness (QED) is 0.646. The Morgan fingerprint density at radius 3 is 2.49 bits per heavy atom. The standard InChI is InChI=1S/C29H33N3O5/c1-29(2,3)37-28(34)32-23-10-8-21(15-23)26(32)27(33)31-22(17-30)14-18-4-6-19(7-5-18)20-9-11-24-25(16-20)36-13-12-35-24/h4-7,9,11,16,21-23,26H,8,10,12-15H2,1-3H3,(H,31,33)/t21?,22-,23?,26?/m0/s1. The third-order valence-electron chi connectivity index (χ3n) is 7.20. The fourth-order valence-electron chi connectivity index (χ4n) is 5.58. The number of ether oxygens (including phenoxy) is 3. The van der Waals surface area contributed by atoms with E-state index in [4.69, 9.17) is 14.2 Å². The van der Waals surface area contributed by atoms with Crippen molar-refractivity contribution in [2.24, 2.45) is 5.92 Å².